The van der Waals surface area contributed by atoms with E-state index in [0.29, 0.717) is 16.7 Å². The molecule has 0 fully saturated rings. The van der Waals surface area contributed by atoms with Crippen LogP contribution < -0.4 is 5.32 Å². The summed E-state index contributed by atoms with van der Waals surface area (Å²) in [5.74, 6) is -1.45. The number of hydrogen-bond donors (Lipinski definition) is 2. The monoisotopic (exact) mass is 370 g/mol. The fourth-order valence-electron chi connectivity index (χ4n) is 2.42. The fraction of sp³-hybridized carbons (Fsp3) is 0.188. The van der Waals surface area contributed by atoms with E-state index in [-0.39, 0.29) is 17.1 Å². The highest BCUT2D eigenvalue weighted by atomic mass is 16.6. The van der Waals surface area contributed by atoms with Gasteiger partial charge in [-0.15, -0.1) is 0 Å². The van der Waals surface area contributed by atoms with Gasteiger partial charge in [0.15, 0.2) is 17.6 Å². The summed E-state index contributed by atoms with van der Waals surface area (Å²) in [5.41, 5.74) is 0.568. The van der Waals surface area contributed by atoms with E-state index in [1.54, 1.807) is 13.0 Å². The molecule has 0 aliphatic carbocycles. The predicted molar refractivity (Wildman–Crippen MR) is 93.0 cm³/mol. The number of esters is 1. The van der Waals surface area contributed by atoms with Crippen LogP contribution in [-0.2, 0) is 9.53 Å². The van der Waals surface area contributed by atoms with Gasteiger partial charge in [0.25, 0.3) is 11.6 Å². The number of H-pyrrole nitrogens is 1. The molecule has 11 heteroatoms. The molecule has 138 valence electrons. The number of carbonyl (C=O) groups excluding carboxylic acids is 2. The molecular weight excluding hydrogens is 356 g/mol. The van der Waals surface area contributed by atoms with Gasteiger partial charge in [0, 0.05) is 6.07 Å². The maximum absolute atomic E-state index is 12.4. The van der Waals surface area contributed by atoms with Gasteiger partial charge >= 0.3 is 5.97 Å². The van der Waals surface area contributed by atoms with Gasteiger partial charge in [-0.2, -0.15) is 0 Å². The van der Waals surface area contributed by atoms with Gasteiger partial charge in [-0.1, -0.05) is 12.1 Å². The first-order valence-corrected chi connectivity index (χ1v) is 7.78. The summed E-state index contributed by atoms with van der Waals surface area (Å²) < 4.78 is 5.11. The second-order valence-electron chi connectivity index (χ2n) is 5.59. The highest BCUT2D eigenvalue weighted by Gasteiger charge is 2.27. The zero-order valence-corrected chi connectivity index (χ0v) is 14.3. The zero-order chi connectivity index (χ0) is 19.6. The number of amides is 1. The van der Waals surface area contributed by atoms with Crippen molar-refractivity contribution in [2.45, 2.75) is 20.0 Å². The van der Waals surface area contributed by atoms with Crippen molar-refractivity contribution in [3.8, 4) is 0 Å². The van der Waals surface area contributed by atoms with Crippen molar-refractivity contribution in [1.29, 1.82) is 0 Å². The Kier molecular flexibility index (Phi) is 4.75. The van der Waals surface area contributed by atoms with Gasteiger partial charge in [-0.05, 0) is 19.4 Å². The number of aryl methyl sites for hydroxylation is 1. The number of anilines is 1. The topological polar surface area (TPSA) is 153 Å². The summed E-state index contributed by atoms with van der Waals surface area (Å²) in [4.78, 5) is 49.8. The summed E-state index contributed by atoms with van der Waals surface area (Å²) >= 11 is 0. The van der Waals surface area contributed by atoms with Gasteiger partial charge in [-0.3, -0.25) is 14.9 Å². The Bertz CT molecular complexity index is 1050. The van der Waals surface area contributed by atoms with E-state index in [1.807, 2.05) is 0 Å². The van der Waals surface area contributed by atoms with Crippen molar-refractivity contribution in [2.24, 2.45) is 0 Å². The molecule has 0 aliphatic rings. The van der Waals surface area contributed by atoms with Crippen molar-refractivity contribution < 1.29 is 19.2 Å². The predicted octanol–water partition coefficient (Wildman–Crippen LogP) is 1.75. The van der Waals surface area contributed by atoms with Gasteiger partial charge in [0.05, 0.1) is 11.3 Å². The van der Waals surface area contributed by atoms with E-state index in [0.717, 1.165) is 0 Å². The molecule has 1 amide bonds. The van der Waals surface area contributed by atoms with Gasteiger partial charge < -0.3 is 15.0 Å². The Labute approximate surface area is 152 Å². The number of fused-ring (bicyclic) bond motifs is 1. The molecule has 3 aromatic rings. The molecule has 2 aromatic heterocycles. The normalized spacial score (nSPS) is 11.8. The average Bonchev–Trinajstić information content (AvgIpc) is 3.10. The van der Waals surface area contributed by atoms with Gasteiger partial charge in [-0.25, -0.2) is 19.7 Å². The number of nitrogens with zero attached hydrogens (tertiary/aromatic N) is 4. The number of nitro benzene ring substituents is 1. The molecule has 2 N–H and O–H groups in total. The van der Waals surface area contributed by atoms with Crippen LogP contribution in [0.3, 0.4) is 0 Å². The maximum Gasteiger partial charge on any atom is 0.346 e. The summed E-state index contributed by atoms with van der Waals surface area (Å²) in [6, 6.07) is 4.21. The Morgan fingerprint density at radius 2 is 2.07 bits per heavy atom. The van der Waals surface area contributed by atoms with Crippen LogP contribution in [0.1, 0.15) is 22.8 Å². The first-order valence-electron chi connectivity index (χ1n) is 7.78. The van der Waals surface area contributed by atoms with E-state index in [2.05, 4.69) is 25.3 Å². The zero-order valence-electron chi connectivity index (χ0n) is 14.3. The molecule has 0 aliphatic heterocycles. The molecule has 1 aromatic carbocycles. The minimum atomic E-state index is -1.22. The van der Waals surface area contributed by atoms with Crippen molar-refractivity contribution >= 4 is 34.5 Å². The summed E-state index contributed by atoms with van der Waals surface area (Å²) in [7, 11) is 0. The molecular formula is C16H14N6O5. The molecule has 1 atom stereocenters. The molecule has 2 heterocycles. The average molecular weight is 370 g/mol. The molecule has 0 unspecified atom stereocenters. The third kappa shape index (κ3) is 3.56. The van der Waals surface area contributed by atoms with Crippen LogP contribution in [0.25, 0.3) is 11.2 Å². The molecule has 11 nitrogen and oxygen atoms in total. The number of carbonyl (C=O) groups is 2. The number of rotatable bonds is 5. The standard InChI is InChI=1S/C16H14N6O5/c1-8-4-3-5-10(22(25)26)11(8)16(24)27-9(2)15(23)21-14-12-13(18-6-17-12)19-7-20-14/h3-7,9H,1-2H3,(H2,17,18,19,20,21,23)/t9-/m1/s1. The van der Waals surface area contributed by atoms with Crippen molar-refractivity contribution in [3.63, 3.8) is 0 Å². The molecule has 0 spiro atoms. The number of ether oxygens (including phenoxy) is 1. The van der Waals surface area contributed by atoms with Crippen LogP contribution >= 0.6 is 0 Å². The van der Waals surface area contributed by atoms with Crippen molar-refractivity contribution in [3.05, 3.63) is 52.1 Å². The first kappa shape index (κ1) is 17.9. The number of nitro groups is 1. The lowest BCUT2D eigenvalue weighted by molar-refractivity contribution is -0.385. The molecule has 0 bridgehead atoms. The Morgan fingerprint density at radius 3 is 2.81 bits per heavy atom. The van der Waals surface area contributed by atoms with Crippen molar-refractivity contribution in [2.75, 3.05) is 5.32 Å². The Morgan fingerprint density at radius 1 is 1.30 bits per heavy atom. The van der Waals surface area contributed by atoms with Crippen LogP contribution in [0.4, 0.5) is 11.5 Å². The second-order valence-corrected chi connectivity index (χ2v) is 5.59. The SMILES string of the molecule is Cc1cccc([N+](=O)[O-])c1C(=O)O[C@H](C)C(=O)Nc1ncnc2nc[nH]c12. The molecule has 0 saturated heterocycles. The molecule has 27 heavy (non-hydrogen) atoms. The molecule has 0 radical (unpaired) electrons. The molecule has 0 saturated carbocycles. The third-order valence-electron chi connectivity index (χ3n) is 3.77. The van der Waals surface area contributed by atoms with E-state index in [4.69, 9.17) is 4.74 Å². The fourth-order valence-corrected chi connectivity index (χ4v) is 2.42. The highest BCUT2D eigenvalue weighted by molar-refractivity contribution is 6.01. The maximum atomic E-state index is 12.4. The number of benzene rings is 1. The Hall–Kier alpha value is -3.89. The van der Waals surface area contributed by atoms with Crippen LogP contribution in [0, 0.1) is 17.0 Å². The lowest BCUT2D eigenvalue weighted by Gasteiger charge is -2.14. The number of nitrogens with one attached hydrogen (secondary N) is 2. The van der Waals surface area contributed by atoms with Gasteiger partial charge in [0.2, 0.25) is 0 Å². The highest BCUT2D eigenvalue weighted by Crippen LogP contribution is 2.23. The first-order chi connectivity index (χ1) is 12.9. The van der Waals surface area contributed by atoms with Gasteiger partial charge in [0.1, 0.15) is 17.4 Å². The number of imidazole rings is 1. The summed E-state index contributed by atoms with van der Waals surface area (Å²) in [6.45, 7) is 2.90. The van der Waals surface area contributed by atoms with Crippen molar-refractivity contribution in [1.82, 2.24) is 19.9 Å². The van der Waals surface area contributed by atoms with E-state index in [9.17, 15) is 19.7 Å². The summed E-state index contributed by atoms with van der Waals surface area (Å²) in [6.07, 6.45) is 1.41. The van der Waals surface area contributed by atoms with Crippen LogP contribution in [0.15, 0.2) is 30.9 Å². The Balaban J connectivity index is 1.76. The number of aromatic amines is 1. The van der Waals surface area contributed by atoms with Crippen LogP contribution in [0.5, 0.6) is 0 Å². The quantitative estimate of drug-likeness (QED) is 0.391. The minimum absolute atomic E-state index is 0.173. The third-order valence-corrected chi connectivity index (χ3v) is 3.77. The van der Waals surface area contributed by atoms with Crippen LogP contribution in [-0.4, -0.2) is 42.8 Å². The number of hydrogen-bond acceptors (Lipinski definition) is 8. The lowest BCUT2D eigenvalue weighted by Crippen LogP contribution is -2.30. The largest absolute Gasteiger partial charge is 0.449 e. The lowest BCUT2D eigenvalue weighted by atomic mass is 10.1. The molecule has 3 rings (SSSR count). The van der Waals surface area contributed by atoms with Crippen LogP contribution in [0.2, 0.25) is 0 Å². The van der Waals surface area contributed by atoms with E-state index in [1.165, 1.54) is 31.7 Å². The number of aromatic nitrogens is 4. The van der Waals surface area contributed by atoms with E-state index >= 15 is 0 Å². The smallest absolute Gasteiger partial charge is 0.346 e. The van der Waals surface area contributed by atoms with E-state index < -0.39 is 22.9 Å². The summed E-state index contributed by atoms with van der Waals surface area (Å²) in [5, 5.41) is 13.6. The second kappa shape index (κ2) is 7.15. The minimum Gasteiger partial charge on any atom is -0.449 e.